The summed E-state index contributed by atoms with van der Waals surface area (Å²) in [5, 5.41) is 0. The van der Waals surface area contributed by atoms with Crippen LogP contribution in [0.2, 0.25) is 11.6 Å². The Bertz CT molecular complexity index is 237. The molecule has 0 fully saturated rings. The van der Waals surface area contributed by atoms with Gasteiger partial charge >= 0.3 is 0 Å². The largest absolute Gasteiger partial charge is 0.367 e. The van der Waals surface area contributed by atoms with Crippen LogP contribution in [0, 0.1) is 33.1 Å². The Morgan fingerprint density at radius 2 is 0.857 bits per heavy atom. The van der Waals surface area contributed by atoms with E-state index in [0.717, 1.165) is 15.2 Å². The third kappa shape index (κ3) is 25.3. The fraction of sp³-hybridized carbons (Fsp3) is 0.526. The van der Waals surface area contributed by atoms with E-state index in [2.05, 4.69) is 67.0 Å². The fourth-order valence-corrected chi connectivity index (χ4v) is 0.854. The molecule has 131 valence electrons. The van der Waals surface area contributed by atoms with Crippen LogP contribution in [0.3, 0.4) is 0 Å². The molecule has 0 unspecified atom stereocenters. The normalized spacial score (nSPS) is 10.6. The van der Waals surface area contributed by atoms with Crippen molar-refractivity contribution in [3.05, 3.63) is 55.4 Å². The van der Waals surface area contributed by atoms with E-state index >= 15 is 0 Å². The van der Waals surface area contributed by atoms with Crippen LogP contribution in [0.15, 0.2) is 22.3 Å². The van der Waals surface area contributed by atoms with Crippen molar-refractivity contribution in [1.29, 1.82) is 0 Å². The standard InChI is InChI=1S/2C8H14.3CH3.Al.Ni/c2*1-6(2)8(5)7(3)4;;;;;/h2*1H2,2-5H3;3*1H3;;/q2*-2;;;-1;;/b2*8-6+;;;;;. The molecule has 0 aliphatic rings. The van der Waals surface area contributed by atoms with Crippen LogP contribution in [-0.2, 0) is 16.5 Å². The predicted octanol–water partition coefficient (Wildman–Crippen LogP) is 6.78. The van der Waals surface area contributed by atoms with Gasteiger partial charge in [0.05, 0.1) is 0 Å². The molecule has 0 nitrogen and oxygen atoms in total. The van der Waals surface area contributed by atoms with Crippen molar-refractivity contribution in [1.82, 2.24) is 0 Å². The molecule has 2 heteroatoms. The van der Waals surface area contributed by atoms with Gasteiger partial charge in [0.15, 0.2) is 15.2 Å². The van der Waals surface area contributed by atoms with Gasteiger partial charge in [-0.1, -0.05) is 0 Å². The first-order valence-electron chi connectivity index (χ1n) is 6.86. The van der Waals surface area contributed by atoms with Crippen LogP contribution in [0.4, 0.5) is 0 Å². The number of allylic oxidation sites excluding steroid dienone is 4. The molecular weight excluding hydrogens is 314 g/mol. The zero-order chi connectivity index (χ0) is 16.2. The first-order valence-corrected chi connectivity index (χ1v) is 9.17. The van der Waals surface area contributed by atoms with Gasteiger partial charge in [0.25, 0.3) is 0 Å². The first-order chi connectivity index (χ1) is 8.52. The molecule has 0 saturated heterocycles. The van der Waals surface area contributed by atoms with E-state index < -0.39 is 0 Å². The van der Waals surface area contributed by atoms with E-state index in [1.165, 1.54) is 34.1 Å². The number of hydrogen-bond acceptors (Lipinski definition) is 0. The Kier molecular flexibility index (Phi) is 31.2. The molecule has 0 N–H and O–H groups in total. The Morgan fingerprint density at radius 3 is 0.857 bits per heavy atom. The molecule has 0 heterocycles. The number of rotatable bonds is 2. The monoisotopic (exact) mass is 350 g/mol. The van der Waals surface area contributed by atoms with Crippen LogP contribution in [0.5, 0.6) is 0 Å². The van der Waals surface area contributed by atoms with Gasteiger partial charge in [0.1, 0.15) is 0 Å². The third-order valence-corrected chi connectivity index (χ3v) is 2.78. The van der Waals surface area contributed by atoms with Crippen LogP contribution in [0.25, 0.3) is 0 Å². The topological polar surface area (TPSA) is 0 Å². The molecule has 0 rings (SSSR count). The van der Waals surface area contributed by atoms with Crippen molar-refractivity contribution in [2.24, 2.45) is 0 Å². The van der Waals surface area contributed by atoms with E-state index in [-0.39, 0.29) is 23.9 Å². The van der Waals surface area contributed by atoms with Crippen molar-refractivity contribution in [3.63, 3.8) is 0 Å². The van der Waals surface area contributed by atoms with Gasteiger partial charge in [0, 0.05) is 16.5 Å². The van der Waals surface area contributed by atoms with Crippen molar-refractivity contribution in [2.45, 2.75) is 67.0 Å². The van der Waals surface area contributed by atoms with E-state index in [0.29, 0.717) is 0 Å². The van der Waals surface area contributed by atoms with E-state index in [1.807, 2.05) is 13.8 Å². The maximum absolute atomic E-state index is 3.82. The second-order valence-corrected chi connectivity index (χ2v) is 6.54. The molecular formula is C19H37AlNi-5. The molecule has 0 aliphatic carbocycles. The maximum atomic E-state index is 3.82. The van der Waals surface area contributed by atoms with Gasteiger partial charge < -0.3 is 55.4 Å². The van der Waals surface area contributed by atoms with Gasteiger partial charge in [0.2, 0.25) is 0 Å². The summed E-state index contributed by atoms with van der Waals surface area (Å²) in [5.41, 5.74) is 4.99. The van der Waals surface area contributed by atoms with Gasteiger partial charge in [-0.05, 0) is 0 Å². The molecule has 0 amide bonds. The summed E-state index contributed by atoms with van der Waals surface area (Å²) in [6, 6.07) is 0. The van der Waals surface area contributed by atoms with Gasteiger partial charge in [-0.15, -0.1) is 67.0 Å². The summed E-state index contributed by atoms with van der Waals surface area (Å²) in [6.07, 6.45) is 0. The second-order valence-electron chi connectivity index (χ2n) is 5.39. The van der Waals surface area contributed by atoms with Crippen molar-refractivity contribution in [2.75, 3.05) is 0 Å². The zero-order valence-corrected chi connectivity index (χ0v) is 18.5. The van der Waals surface area contributed by atoms with Crippen molar-refractivity contribution >= 4 is 15.2 Å². The molecule has 0 aromatic rings. The molecule has 0 bridgehead atoms. The van der Waals surface area contributed by atoms with E-state index in [4.69, 9.17) is 0 Å². The Hall–Kier alpha value is -0.0140. The Balaban J connectivity index is -0.0000000634. The predicted molar refractivity (Wildman–Crippen MR) is 101 cm³/mol. The second kappa shape index (κ2) is 20.0. The summed E-state index contributed by atoms with van der Waals surface area (Å²) >= 11 is 0.750. The van der Waals surface area contributed by atoms with E-state index in [9.17, 15) is 0 Å². The molecule has 0 aromatic carbocycles. The quantitative estimate of drug-likeness (QED) is 0.380. The van der Waals surface area contributed by atoms with Crippen molar-refractivity contribution in [3.8, 4) is 0 Å². The number of hydrogen-bond donors (Lipinski definition) is 0. The van der Waals surface area contributed by atoms with Crippen LogP contribution < -0.4 is 0 Å². The van der Waals surface area contributed by atoms with Crippen LogP contribution in [-0.4, -0.2) is 15.2 Å². The van der Waals surface area contributed by atoms with Gasteiger partial charge in [-0.2, -0.15) is 0 Å². The minimum atomic E-state index is 0. The molecule has 0 spiro atoms. The van der Waals surface area contributed by atoms with Crippen LogP contribution in [0.1, 0.15) is 55.4 Å². The average molecular weight is 351 g/mol. The molecule has 0 aromatic heterocycles. The maximum Gasteiger partial charge on any atom is 0.191 e. The third-order valence-electron chi connectivity index (χ3n) is 2.78. The molecule has 1 radical (unpaired) electrons. The molecule has 0 saturated carbocycles. The minimum Gasteiger partial charge on any atom is -0.367 e. The fourth-order valence-electron chi connectivity index (χ4n) is 0.854. The summed E-state index contributed by atoms with van der Waals surface area (Å²) in [6.45, 7) is 24.3. The first kappa shape index (κ1) is 32.8. The Labute approximate surface area is 153 Å². The molecule has 0 aliphatic heterocycles. The minimum absolute atomic E-state index is 0. The summed E-state index contributed by atoms with van der Waals surface area (Å²) < 4.78 is 0. The molecule has 0 atom stereocenters. The van der Waals surface area contributed by atoms with E-state index in [1.54, 1.807) is 0 Å². The summed E-state index contributed by atoms with van der Waals surface area (Å²) in [7, 11) is 0. The molecule has 21 heavy (non-hydrogen) atoms. The Morgan fingerprint density at radius 1 is 0.714 bits per heavy atom. The zero-order valence-electron chi connectivity index (χ0n) is 16.3. The summed E-state index contributed by atoms with van der Waals surface area (Å²) in [4.78, 5) is 0. The SMILES string of the molecule is [CH2-]/C(C)=C(/C)[C-](C)C.[CH2-]/C(C)=C(/C)[C-](C)C.[CH3-].[CH3][Al][CH3].[Ni]. The smallest absolute Gasteiger partial charge is 0.191 e. The summed E-state index contributed by atoms with van der Waals surface area (Å²) in [5.74, 6) is 7.13. The average Bonchev–Trinajstić information content (AvgIpc) is 2.28. The van der Waals surface area contributed by atoms with Crippen LogP contribution >= 0.6 is 0 Å². The van der Waals surface area contributed by atoms with Gasteiger partial charge in [-0.3, -0.25) is 0 Å². The van der Waals surface area contributed by atoms with Gasteiger partial charge in [-0.25, -0.2) is 0 Å². The van der Waals surface area contributed by atoms with Crippen molar-refractivity contribution < 1.29 is 16.5 Å².